The summed E-state index contributed by atoms with van der Waals surface area (Å²) in [4.78, 5) is 20.5. The van der Waals surface area contributed by atoms with E-state index in [1.54, 1.807) is 11.3 Å². The number of ether oxygens (including phenoxy) is 1. The Morgan fingerprint density at radius 1 is 1.44 bits per heavy atom. The van der Waals surface area contributed by atoms with Gasteiger partial charge >= 0.3 is 5.97 Å². The number of nitrogens with zero attached hydrogens (tertiary/aromatic N) is 3. The second-order valence-corrected chi connectivity index (χ2v) is 5.23. The second-order valence-electron chi connectivity index (χ2n) is 4.39. The molecule has 1 aliphatic heterocycles. The third-order valence-corrected chi connectivity index (χ3v) is 3.89. The van der Waals surface area contributed by atoms with Crippen LogP contribution in [0.25, 0.3) is 0 Å². The third kappa shape index (κ3) is 3.43. The smallest absolute Gasteiger partial charge is 0.311 e. The van der Waals surface area contributed by atoms with E-state index in [2.05, 4.69) is 21.8 Å². The molecule has 1 fully saturated rings. The van der Waals surface area contributed by atoms with Gasteiger partial charge in [0.25, 0.3) is 0 Å². The summed E-state index contributed by atoms with van der Waals surface area (Å²) in [5.41, 5.74) is 0.812. The van der Waals surface area contributed by atoms with Crippen molar-refractivity contribution < 1.29 is 9.53 Å². The highest BCUT2D eigenvalue weighted by Crippen LogP contribution is 2.22. The Labute approximate surface area is 111 Å². The Balaban J connectivity index is 1.91. The molecule has 0 unspecified atom stereocenters. The summed E-state index contributed by atoms with van der Waals surface area (Å²) in [7, 11) is 2.13. The number of aromatic nitrogens is 1. The number of hydrogen-bond donors (Lipinski definition) is 0. The molecule has 2 heterocycles. The van der Waals surface area contributed by atoms with Crippen LogP contribution in [0.4, 0.5) is 5.13 Å². The van der Waals surface area contributed by atoms with E-state index in [9.17, 15) is 4.79 Å². The molecule has 1 aromatic heterocycles. The highest BCUT2D eigenvalue weighted by molar-refractivity contribution is 7.13. The molecule has 1 saturated heterocycles. The fourth-order valence-electron chi connectivity index (χ4n) is 1.88. The molecule has 0 atom stereocenters. The van der Waals surface area contributed by atoms with Crippen LogP contribution in [-0.2, 0) is 16.0 Å². The van der Waals surface area contributed by atoms with E-state index in [0.717, 1.165) is 37.0 Å². The molecule has 6 heteroatoms. The summed E-state index contributed by atoms with van der Waals surface area (Å²) in [5, 5.41) is 2.97. The van der Waals surface area contributed by atoms with Gasteiger partial charge in [0.2, 0.25) is 0 Å². The molecule has 0 saturated carbocycles. The zero-order valence-electron chi connectivity index (χ0n) is 10.9. The lowest BCUT2D eigenvalue weighted by Crippen LogP contribution is -2.44. The summed E-state index contributed by atoms with van der Waals surface area (Å²) in [6.45, 7) is 6.37. The molecule has 1 aliphatic rings. The predicted molar refractivity (Wildman–Crippen MR) is 72.2 cm³/mol. The minimum Gasteiger partial charge on any atom is -0.466 e. The van der Waals surface area contributed by atoms with Gasteiger partial charge in [0.05, 0.1) is 18.7 Å². The number of rotatable bonds is 4. The molecule has 2 rings (SSSR count). The van der Waals surface area contributed by atoms with Crippen LogP contribution in [0.15, 0.2) is 5.38 Å². The largest absolute Gasteiger partial charge is 0.466 e. The van der Waals surface area contributed by atoms with Gasteiger partial charge in [0.1, 0.15) is 0 Å². The monoisotopic (exact) mass is 269 g/mol. The van der Waals surface area contributed by atoms with E-state index in [1.807, 2.05) is 12.3 Å². The van der Waals surface area contributed by atoms with Crippen molar-refractivity contribution in [2.75, 3.05) is 44.7 Å². The Morgan fingerprint density at radius 2 is 2.17 bits per heavy atom. The number of carbonyl (C=O) groups is 1. The average molecular weight is 269 g/mol. The maximum atomic E-state index is 11.4. The Morgan fingerprint density at radius 3 is 2.83 bits per heavy atom. The molecular weight excluding hydrogens is 250 g/mol. The van der Waals surface area contributed by atoms with Gasteiger partial charge < -0.3 is 14.5 Å². The lowest BCUT2D eigenvalue weighted by atomic mass is 10.3. The number of anilines is 1. The van der Waals surface area contributed by atoms with Gasteiger partial charge in [-0.3, -0.25) is 4.79 Å². The van der Waals surface area contributed by atoms with Gasteiger partial charge in [0.15, 0.2) is 5.13 Å². The number of esters is 1. The van der Waals surface area contributed by atoms with Crippen molar-refractivity contribution in [1.29, 1.82) is 0 Å². The zero-order chi connectivity index (χ0) is 13.0. The molecule has 0 aromatic carbocycles. The lowest BCUT2D eigenvalue weighted by Gasteiger charge is -2.32. The van der Waals surface area contributed by atoms with E-state index in [1.165, 1.54) is 0 Å². The first-order valence-electron chi connectivity index (χ1n) is 6.22. The molecule has 100 valence electrons. The first kappa shape index (κ1) is 13.3. The van der Waals surface area contributed by atoms with Crippen LogP contribution >= 0.6 is 11.3 Å². The van der Waals surface area contributed by atoms with Crippen LogP contribution < -0.4 is 4.90 Å². The summed E-state index contributed by atoms with van der Waals surface area (Å²) in [5.74, 6) is -0.201. The zero-order valence-corrected chi connectivity index (χ0v) is 11.7. The first-order valence-corrected chi connectivity index (χ1v) is 7.10. The number of thiazole rings is 1. The highest BCUT2D eigenvalue weighted by Gasteiger charge is 2.17. The summed E-state index contributed by atoms with van der Waals surface area (Å²) < 4.78 is 4.92. The Kier molecular flexibility index (Phi) is 4.54. The third-order valence-electron chi connectivity index (χ3n) is 2.94. The molecule has 0 amide bonds. The van der Waals surface area contributed by atoms with Crippen molar-refractivity contribution in [1.82, 2.24) is 9.88 Å². The van der Waals surface area contributed by atoms with Crippen LogP contribution in [0.2, 0.25) is 0 Å². The van der Waals surface area contributed by atoms with Gasteiger partial charge in [-0.1, -0.05) is 0 Å². The molecule has 0 spiro atoms. The fraction of sp³-hybridized carbons (Fsp3) is 0.667. The van der Waals surface area contributed by atoms with Gasteiger partial charge in [-0.2, -0.15) is 0 Å². The van der Waals surface area contributed by atoms with Gasteiger partial charge in [0, 0.05) is 31.6 Å². The highest BCUT2D eigenvalue weighted by atomic mass is 32.1. The van der Waals surface area contributed by atoms with Gasteiger partial charge in [-0.15, -0.1) is 11.3 Å². The van der Waals surface area contributed by atoms with Crippen molar-refractivity contribution in [3.63, 3.8) is 0 Å². The van der Waals surface area contributed by atoms with E-state index < -0.39 is 0 Å². The standard InChI is InChI=1S/C12H19N3O2S/c1-3-17-11(16)8-10-9-18-12(13-10)15-6-4-14(2)5-7-15/h9H,3-8H2,1-2H3. The number of likely N-dealkylation sites (N-methyl/N-ethyl adjacent to an activating group) is 1. The van der Waals surface area contributed by atoms with Crippen LogP contribution in [0.1, 0.15) is 12.6 Å². The first-order chi connectivity index (χ1) is 8.69. The lowest BCUT2D eigenvalue weighted by molar-refractivity contribution is -0.142. The topological polar surface area (TPSA) is 45.7 Å². The van der Waals surface area contributed by atoms with Gasteiger partial charge in [-0.25, -0.2) is 4.98 Å². The molecular formula is C12H19N3O2S. The van der Waals surface area contributed by atoms with Crippen molar-refractivity contribution in [3.05, 3.63) is 11.1 Å². The van der Waals surface area contributed by atoms with E-state index in [0.29, 0.717) is 6.61 Å². The maximum Gasteiger partial charge on any atom is 0.311 e. The Hall–Kier alpha value is -1.14. The molecule has 18 heavy (non-hydrogen) atoms. The summed E-state index contributed by atoms with van der Waals surface area (Å²) in [6, 6.07) is 0. The van der Waals surface area contributed by atoms with Crippen molar-refractivity contribution >= 4 is 22.4 Å². The summed E-state index contributed by atoms with van der Waals surface area (Å²) in [6.07, 6.45) is 0.276. The van der Waals surface area contributed by atoms with E-state index in [4.69, 9.17) is 4.74 Å². The fourth-order valence-corrected chi connectivity index (χ4v) is 2.76. The minimum atomic E-state index is -0.201. The molecule has 0 radical (unpaired) electrons. The molecule has 5 nitrogen and oxygen atoms in total. The second kappa shape index (κ2) is 6.15. The SMILES string of the molecule is CCOC(=O)Cc1csc(N2CCN(C)CC2)n1. The van der Waals surface area contributed by atoms with E-state index >= 15 is 0 Å². The number of carbonyl (C=O) groups excluding carboxylic acids is 1. The quantitative estimate of drug-likeness (QED) is 0.763. The number of piperazine rings is 1. The normalized spacial score (nSPS) is 16.9. The van der Waals surface area contributed by atoms with Crippen LogP contribution in [-0.4, -0.2) is 55.7 Å². The van der Waals surface area contributed by atoms with Crippen LogP contribution in [0.3, 0.4) is 0 Å². The van der Waals surface area contributed by atoms with Crippen LogP contribution in [0.5, 0.6) is 0 Å². The van der Waals surface area contributed by atoms with Crippen molar-refractivity contribution in [2.24, 2.45) is 0 Å². The van der Waals surface area contributed by atoms with E-state index in [-0.39, 0.29) is 12.4 Å². The summed E-state index contributed by atoms with van der Waals surface area (Å²) >= 11 is 1.61. The average Bonchev–Trinajstić information content (AvgIpc) is 2.78. The Bertz CT molecular complexity index is 400. The minimum absolute atomic E-state index is 0.201. The number of hydrogen-bond acceptors (Lipinski definition) is 6. The molecule has 0 bridgehead atoms. The predicted octanol–water partition coefficient (Wildman–Crippen LogP) is 1.00. The van der Waals surface area contributed by atoms with Crippen molar-refractivity contribution in [3.8, 4) is 0 Å². The maximum absolute atomic E-state index is 11.4. The molecule has 1 aromatic rings. The van der Waals surface area contributed by atoms with Crippen LogP contribution in [0, 0.1) is 0 Å². The van der Waals surface area contributed by atoms with Crippen molar-refractivity contribution in [2.45, 2.75) is 13.3 Å². The van der Waals surface area contributed by atoms with Gasteiger partial charge in [-0.05, 0) is 14.0 Å². The molecule has 0 N–H and O–H groups in total. The molecule has 0 aliphatic carbocycles.